The summed E-state index contributed by atoms with van der Waals surface area (Å²) in [7, 11) is -4.29. The SMILES string of the molecule is CC1(C)C(/C=C/C2=C(Sc3ccc(C(=O)O)cc3)C(=C/C=C3/N(CCCCS(=O)(=O)[O-])c4ccccc4C3(C)C)/CCC2)=[N+](CCCCOS(=O)[O-])c2ccccc21. The predicted octanol–water partition coefficient (Wildman–Crippen LogP) is 9.07. The lowest BCUT2D eigenvalue weighted by atomic mass is 9.81. The number of para-hydroxylation sites is 2. The van der Waals surface area contributed by atoms with Gasteiger partial charge in [0.05, 0.1) is 39.1 Å². The Morgan fingerprint density at radius 3 is 2.33 bits per heavy atom. The van der Waals surface area contributed by atoms with Crippen LogP contribution >= 0.6 is 11.8 Å². The van der Waals surface area contributed by atoms with Crippen LogP contribution in [0.25, 0.3) is 0 Å². The van der Waals surface area contributed by atoms with Crippen LogP contribution in [0, 0.1) is 0 Å². The maximum atomic E-state index is 11.7. The number of hydrogen-bond donors (Lipinski definition) is 1. The highest BCUT2D eigenvalue weighted by Gasteiger charge is 2.44. The van der Waals surface area contributed by atoms with Crippen molar-refractivity contribution in [1.82, 2.24) is 0 Å². The number of hydrogen-bond acceptors (Lipinski definition) is 9. The lowest BCUT2D eigenvalue weighted by Crippen LogP contribution is -2.28. The Labute approximate surface area is 349 Å². The van der Waals surface area contributed by atoms with Crippen molar-refractivity contribution in [3.63, 3.8) is 0 Å². The zero-order valence-corrected chi connectivity index (χ0v) is 35.9. The van der Waals surface area contributed by atoms with Crippen molar-refractivity contribution < 1.29 is 40.4 Å². The second-order valence-corrected chi connectivity index (χ2v) is 19.1. The van der Waals surface area contributed by atoms with Gasteiger partial charge in [0, 0.05) is 63.0 Å². The van der Waals surface area contributed by atoms with Crippen molar-refractivity contribution in [3.05, 3.63) is 136 Å². The Hall–Kier alpha value is -4.11. The van der Waals surface area contributed by atoms with Gasteiger partial charge in [0.2, 0.25) is 5.69 Å². The fraction of sp³-hybridized carbons (Fsp3) is 0.378. The normalized spacial score (nSPS) is 19.4. The van der Waals surface area contributed by atoms with E-state index in [4.69, 9.17) is 4.18 Å². The van der Waals surface area contributed by atoms with E-state index in [1.54, 1.807) is 23.9 Å². The second kappa shape index (κ2) is 18.4. The highest BCUT2D eigenvalue weighted by atomic mass is 32.2. The van der Waals surface area contributed by atoms with Gasteiger partial charge in [-0.3, -0.25) is 0 Å². The van der Waals surface area contributed by atoms with Gasteiger partial charge in [-0.1, -0.05) is 74.2 Å². The molecule has 0 radical (unpaired) electrons. The predicted molar refractivity (Wildman–Crippen MR) is 229 cm³/mol. The molecule has 13 heteroatoms. The molecule has 0 saturated heterocycles. The number of unbranched alkanes of at least 4 members (excludes halogenated alkanes) is 2. The summed E-state index contributed by atoms with van der Waals surface area (Å²) in [6, 6.07) is 23.6. The van der Waals surface area contributed by atoms with E-state index >= 15 is 0 Å². The lowest BCUT2D eigenvalue weighted by molar-refractivity contribution is -0.438. The number of aromatic carboxylic acids is 1. The van der Waals surface area contributed by atoms with E-state index in [1.807, 2.05) is 30.3 Å². The second-order valence-electron chi connectivity index (χ2n) is 15.9. The summed E-state index contributed by atoms with van der Waals surface area (Å²) in [5.41, 5.74) is 8.81. The van der Waals surface area contributed by atoms with Crippen LogP contribution in [0.4, 0.5) is 11.4 Å². The van der Waals surface area contributed by atoms with Gasteiger partial charge in [0.1, 0.15) is 6.54 Å². The Morgan fingerprint density at radius 1 is 0.914 bits per heavy atom. The van der Waals surface area contributed by atoms with E-state index in [2.05, 4.69) is 91.8 Å². The summed E-state index contributed by atoms with van der Waals surface area (Å²) in [5, 5.41) is 9.57. The molecule has 1 N–H and O–H groups in total. The molecule has 1 aliphatic carbocycles. The van der Waals surface area contributed by atoms with Crippen LogP contribution < -0.4 is 4.90 Å². The third-order valence-electron chi connectivity index (χ3n) is 11.3. The topological polar surface area (TPSA) is 150 Å². The molecule has 308 valence electrons. The van der Waals surface area contributed by atoms with Gasteiger partial charge in [-0.05, 0) is 105 Å². The number of carboxylic acids is 1. The van der Waals surface area contributed by atoms with Crippen LogP contribution in [0.5, 0.6) is 0 Å². The van der Waals surface area contributed by atoms with Gasteiger partial charge in [-0.25, -0.2) is 17.4 Å². The van der Waals surface area contributed by atoms with E-state index in [0.717, 1.165) is 58.3 Å². The van der Waals surface area contributed by atoms with Crippen LogP contribution in [-0.4, -0.2) is 68.5 Å². The van der Waals surface area contributed by atoms with Gasteiger partial charge >= 0.3 is 5.97 Å². The summed E-state index contributed by atoms with van der Waals surface area (Å²) < 4.78 is 63.0. The quantitative estimate of drug-likeness (QED) is 0.0604. The number of anilines is 1. The summed E-state index contributed by atoms with van der Waals surface area (Å²) in [4.78, 5) is 16.0. The van der Waals surface area contributed by atoms with Gasteiger partial charge in [0.15, 0.2) is 5.71 Å². The number of rotatable bonds is 17. The standard InChI is InChI=1S/C45H52N2O8S3/c1-44(2)36-16-5-7-18-38(36)46(28-9-11-30-55-57(50)51)40(44)26-22-32-14-13-15-33(42(32)56-35-24-20-34(21-25-35)43(48)49)23-27-41-45(3,4)37-17-6-8-19-39(37)47(41)29-10-12-31-58(52,53)54/h5-8,16-27H,9-15,28-31H2,1-4H3,(H2-,48,49,50,51,52,53,54)/p-1. The molecule has 0 saturated carbocycles. The van der Waals surface area contributed by atoms with Crippen LogP contribution in [-0.2, 0) is 36.5 Å². The fourth-order valence-electron chi connectivity index (χ4n) is 8.31. The zero-order chi connectivity index (χ0) is 41.7. The highest BCUT2D eigenvalue weighted by molar-refractivity contribution is 8.03. The zero-order valence-electron chi connectivity index (χ0n) is 33.4. The molecule has 58 heavy (non-hydrogen) atoms. The molecule has 2 heterocycles. The lowest BCUT2D eigenvalue weighted by Gasteiger charge is -2.27. The highest BCUT2D eigenvalue weighted by Crippen LogP contribution is 2.49. The molecule has 3 aliphatic rings. The molecule has 0 amide bonds. The number of nitrogens with zero attached hydrogens (tertiary/aromatic N) is 2. The molecule has 1 unspecified atom stereocenters. The first-order valence-corrected chi connectivity index (χ1v) is 23.1. The van der Waals surface area contributed by atoms with Crippen LogP contribution in [0.3, 0.4) is 0 Å². The minimum atomic E-state index is -4.29. The van der Waals surface area contributed by atoms with E-state index < -0.39 is 27.4 Å². The molecule has 10 nitrogen and oxygen atoms in total. The Bertz CT molecular complexity index is 2320. The molecule has 0 fully saturated rings. The fourth-order valence-corrected chi connectivity index (χ4v) is 10.2. The Morgan fingerprint density at radius 2 is 1.62 bits per heavy atom. The summed E-state index contributed by atoms with van der Waals surface area (Å²) in [6.45, 7) is 10.3. The van der Waals surface area contributed by atoms with Gasteiger partial charge in [-0.15, -0.1) is 0 Å². The van der Waals surface area contributed by atoms with Crippen molar-refractivity contribution in [1.29, 1.82) is 0 Å². The summed E-state index contributed by atoms with van der Waals surface area (Å²) in [6.07, 6.45) is 13.7. The van der Waals surface area contributed by atoms with Crippen LogP contribution in [0.1, 0.15) is 94.1 Å². The third-order valence-corrected chi connectivity index (χ3v) is 13.6. The van der Waals surface area contributed by atoms with Gasteiger partial charge in [0.25, 0.3) is 0 Å². The van der Waals surface area contributed by atoms with Gasteiger partial charge < -0.3 is 23.3 Å². The third kappa shape index (κ3) is 10.0. The molecule has 2 aliphatic heterocycles. The molecule has 6 rings (SSSR count). The van der Waals surface area contributed by atoms with E-state index in [1.165, 1.54) is 22.3 Å². The largest absolute Gasteiger partial charge is 0.750 e. The number of carboxylic acid groups (broad SMARTS) is 1. The summed E-state index contributed by atoms with van der Waals surface area (Å²) in [5.74, 6) is -1.36. The summed E-state index contributed by atoms with van der Waals surface area (Å²) >= 11 is -0.898. The first-order valence-electron chi connectivity index (χ1n) is 19.7. The molecule has 3 aromatic carbocycles. The van der Waals surface area contributed by atoms with E-state index in [9.17, 15) is 31.6 Å². The average Bonchev–Trinajstić information content (AvgIpc) is 3.53. The van der Waals surface area contributed by atoms with Crippen LogP contribution in [0.15, 0.2) is 124 Å². The molecule has 3 aromatic rings. The van der Waals surface area contributed by atoms with Crippen molar-refractivity contribution in [2.75, 3.05) is 30.3 Å². The van der Waals surface area contributed by atoms with E-state index in [0.29, 0.717) is 25.9 Å². The van der Waals surface area contributed by atoms with Crippen LogP contribution in [0.2, 0.25) is 0 Å². The minimum absolute atomic E-state index is 0.138. The first-order chi connectivity index (χ1) is 27.6. The molecule has 0 aromatic heterocycles. The maximum absolute atomic E-state index is 11.7. The molecule has 0 spiro atoms. The van der Waals surface area contributed by atoms with Crippen molar-refractivity contribution >= 4 is 56.3 Å². The van der Waals surface area contributed by atoms with Crippen molar-refractivity contribution in [2.45, 2.75) is 88.4 Å². The average molecular weight is 844 g/mol. The molecular weight excluding hydrogens is 793 g/mol. The van der Waals surface area contributed by atoms with E-state index in [-0.39, 0.29) is 35.2 Å². The van der Waals surface area contributed by atoms with Crippen molar-refractivity contribution in [2.24, 2.45) is 0 Å². The maximum Gasteiger partial charge on any atom is 0.335 e. The molecular formula is C45H51N2O8S3-. The number of benzene rings is 3. The van der Waals surface area contributed by atoms with Crippen molar-refractivity contribution in [3.8, 4) is 0 Å². The number of fused-ring (bicyclic) bond motifs is 2. The minimum Gasteiger partial charge on any atom is -0.750 e. The molecule has 0 bridgehead atoms. The smallest absolute Gasteiger partial charge is 0.335 e. The Kier molecular flexibility index (Phi) is 13.8. The van der Waals surface area contributed by atoms with Gasteiger partial charge in [-0.2, -0.15) is 4.58 Å². The molecule has 1 atom stereocenters. The number of thioether (sulfide) groups is 1. The number of allylic oxidation sites excluding steroid dienone is 7. The number of carbonyl (C=O) groups is 1. The first kappa shape index (κ1) is 43.5. The Balaban J connectivity index is 1.40. The monoisotopic (exact) mass is 843 g/mol.